The van der Waals surface area contributed by atoms with Crippen LogP contribution in [0.15, 0.2) is 48.8 Å². The first-order valence-electron chi connectivity index (χ1n) is 8.00. The van der Waals surface area contributed by atoms with E-state index in [1.165, 1.54) is 5.69 Å². The number of pyridine rings is 1. The average molecular weight is 310 g/mol. The Morgan fingerprint density at radius 1 is 1.22 bits per heavy atom. The summed E-state index contributed by atoms with van der Waals surface area (Å²) in [5.74, 6) is -0.158. The van der Waals surface area contributed by atoms with E-state index < -0.39 is 0 Å². The predicted molar refractivity (Wildman–Crippen MR) is 92.1 cm³/mol. The van der Waals surface area contributed by atoms with Crippen LogP contribution in [-0.2, 0) is 11.3 Å². The van der Waals surface area contributed by atoms with E-state index in [9.17, 15) is 4.79 Å². The molecule has 0 spiro atoms. The Bertz CT molecular complexity index is 651. The van der Waals surface area contributed by atoms with Crippen LogP contribution >= 0.6 is 0 Å². The maximum absolute atomic E-state index is 11.3. The van der Waals surface area contributed by atoms with Gasteiger partial charge in [0.05, 0.1) is 11.4 Å². The molecule has 0 unspecified atom stereocenters. The van der Waals surface area contributed by atoms with Crippen molar-refractivity contribution in [2.24, 2.45) is 11.7 Å². The number of carbonyl (C=O) groups excluding carboxylic acids is 1. The molecular weight excluding hydrogens is 288 g/mol. The number of nitrogens with two attached hydrogens (primary N) is 1. The van der Waals surface area contributed by atoms with E-state index in [4.69, 9.17) is 5.73 Å². The SMILES string of the molecule is NC(=O)C1CCN(c2ccccc2NCc2cccnc2)CC1. The molecule has 0 aliphatic carbocycles. The number of benzene rings is 1. The molecule has 0 radical (unpaired) electrons. The van der Waals surface area contributed by atoms with Crippen molar-refractivity contribution >= 4 is 17.3 Å². The molecule has 5 heteroatoms. The second-order valence-corrected chi connectivity index (χ2v) is 5.90. The molecule has 3 N–H and O–H groups in total. The third-order valence-corrected chi connectivity index (χ3v) is 4.35. The van der Waals surface area contributed by atoms with Gasteiger partial charge in [-0.2, -0.15) is 0 Å². The third kappa shape index (κ3) is 3.80. The summed E-state index contributed by atoms with van der Waals surface area (Å²) in [4.78, 5) is 17.8. The zero-order valence-corrected chi connectivity index (χ0v) is 13.1. The van der Waals surface area contributed by atoms with Crippen LogP contribution in [0.4, 0.5) is 11.4 Å². The average Bonchev–Trinajstić information content (AvgIpc) is 2.61. The second-order valence-electron chi connectivity index (χ2n) is 5.90. The van der Waals surface area contributed by atoms with Gasteiger partial charge in [-0.3, -0.25) is 9.78 Å². The fourth-order valence-electron chi connectivity index (χ4n) is 3.00. The van der Waals surface area contributed by atoms with Gasteiger partial charge in [-0.25, -0.2) is 0 Å². The van der Waals surface area contributed by atoms with Crippen LogP contribution in [-0.4, -0.2) is 24.0 Å². The van der Waals surface area contributed by atoms with E-state index >= 15 is 0 Å². The summed E-state index contributed by atoms with van der Waals surface area (Å²) in [6, 6.07) is 12.3. The molecule has 3 rings (SSSR count). The molecule has 0 atom stereocenters. The Morgan fingerprint density at radius 2 is 2.00 bits per heavy atom. The number of piperidine rings is 1. The molecule has 2 aromatic rings. The molecular formula is C18H22N4O. The number of hydrogen-bond acceptors (Lipinski definition) is 4. The third-order valence-electron chi connectivity index (χ3n) is 4.35. The highest BCUT2D eigenvalue weighted by Gasteiger charge is 2.24. The summed E-state index contributed by atoms with van der Waals surface area (Å²) in [6.45, 7) is 2.46. The van der Waals surface area contributed by atoms with E-state index in [0.717, 1.165) is 43.7 Å². The Morgan fingerprint density at radius 3 is 2.70 bits per heavy atom. The normalized spacial score (nSPS) is 15.4. The van der Waals surface area contributed by atoms with Crippen molar-refractivity contribution in [3.8, 4) is 0 Å². The zero-order valence-electron chi connectivity index (χ0n) is 13.1. The zero-order chi connectivity index (χ0) is 16.1. The van der Waals surface area contributed by atoms with Gasteiger partial charge in [0.25, 0.3) is 0 Å². The number of rotatable bonds is 5. The number of amides is 1. The van der Waals surface area contributed by atoms with Crippen LogP contribution < -0.4 is 16.0 Å². The molecule has 1 fully saturated rings. The van der Waals surface area contributed by atoms with E-state index in [1.54, 1.807) is 6.20 Å². The van der Waals surface area contributed by atoms with Gasteiger partial charge >= 0.3 is 0 Å². The molecule has 1 amide bonds. The summed E-state index contributed by atoms with van der Waals surface area (Å²) in [5.41, 5.74) is 8.85. The van der Waals surface area contributed by atoms with Crippen molar-refractivity contribution in [3.63, 3.8) is 0 Å². The van der Waals surface area contributed by atoms with Crippen LogP contribution in [0.5, 0.6) is 0 Å². The first-order valence-corrected chi connectivity index (χ1v) is 8.00. The fraction of sp³-hybridized carbons (Fsp3) is 0.333. The van der Waals surface area contributed by atoms with E-state index in [0.29, 0.717) is 0 Å². The molecule has 23 heavy (non-hydrogen) atoms. The van der Waals surface area contributed by atoms with Crippen LogP contribution in [0, 0.1) is 5.92 Å². The number of carbonyl (C=O) groups is 1. The Kier molecular flexibility index (Phi) is 4.76. The van der Waals surface area contributed by atoms with Gasteiger partial charge in [-0.1, -0.05) is 18.2 Å². The van der Waals surface area contributed by atoms with Gasteiger partial charge in [-0.15, -0.1) is 0 Å². The number of nitrogens with zero attached hydrogens (tertiary/aromatic N) is 2. The number of primary amides is 1. The van der Waals surface area contributed by atoms with E-state index in [2.05, 4.69) is 33.4 Å². The molecule has 2 heterocycles. The minimum atomic E-state index is -0.173. The topological polar surface area (TPSA) is 71.2 Å². The van der Waals surface area contributed by atoms with Crippen molar-refractivity contribution in [2.75, 3.05) is 23.3 Å². The van der Waals surface area contributed by atoms with Gasteiger partial charge in [0.1, 0.15) is 0 Å². The number of aromatic nitrogens is 1. The first kappa shape index (κ1) is 15.3. The van der Waals surface area contributed by atoms with Crippen molar-refractivity contribution in [1.82, 2.24) is 4.98 Å². The minimum Gasteiger partial charge on any atom is -0.379 e. The molecule has 0 bridgehead atoms. The summed E-state index contributed by atoms with van der Waals surface area (Å²) in [5, 5.41) is 3.49. The van der Waals surface area contributed by atoms with Gasteiger partial charge in [0, 0.05) is 37.9 Å². The van der Waals surface area contributed by atoms with Crippen LogP contribution in [0.1, 0.15) is 18.4 Å². The van der Waals surface area contributed by atoms with Crippen molar-refractivity contribution < 1.29 is 4.79 Å². The highest BCUT2D eigenvalue weighted by atomic mass is 16.1. The number of hydrogen-bond donors (Lipinski definition) is 2. The van der Waals surface area contributed by atoms with Gasteiger partial charge in [-0.05, 0) is 36.6 Å². The second kappa shape index (κ2) is 7.13. The fourth-order valence-corrected chi connectivity index (χ4v) is 3.00. The van der Waals surface area contributed by atoms with Gasteiger partial charge in [0.2, 0.25) is 5.91 Å². The molecule has 1 aromatic heterocycles. The van der Waals surface area contributed by atoms with Crippen molar-refractivity contribution in [2.45, 2.75) is 19.4 Å². The highest BCUT2D eigenvalue weighted by Crippen LogP contribution is 2.30. The quantitative estimate of drug-likeness (QED) is 0.889. The standard InChI is InChI=1S/C18H22N4O/c19-18(23)15-7-10-22(11-8-15)17-6-2-1-5-16(17)21-13-14-4-3-9-20-12-14/h1-6,9,12,15,21H,7-8,10-11,13H2,(H2,19,23). The molecule has 0 saturated carbocycles. The summed E-state index contributed by atoms with van der Waals surface area (Å²) < 4.78 is 0. The lowest BCUT2D eigenvalue weighted by Crippen LogP contribution is -2.38. The van der Waals surface area contributed by atoms with Crippen molar-refractivity contribution in [3.05, 3.63) is 54.4 Å². The smallest absolute Gasteiger partial charge is 0.220 e. The predicted octanol–water partition coefficient (Wildman–Crippen LogP) is 2.40. The van der Waals surface area contributed by atoms with Crippen LogP contribution in [0.25, 0.3) is 0 Å². The number of anilines is 2. The monoisotopic (exact) mass is 310 g/mol. The van der Waals surface area contributed by atoms with Gasteiger partial charge < -0.3 is 16.0 Å². The molecule has 1 saturated heterocycles. The Hall–Kier alpha value is -2.56. The lowest BCUT2D eigenvalue weighted by Gasteiger charge is -2.33. The minimum absolute atomic E-state index is 0.0155. The van der Waals surface area contributed by atoms with Crippen LogP contribution in [0.2, 0.25) is 0 Å². The maximum atomic E-state index is 11.3. The number of nitrogens with one attached hydrogen (secondary N) is 1. The summed E-state index contributed by atoms with van der Waals surface area (Å²) >= 11 is 0. The number of para-hydroxylation sites is 2. The van der Waals surface area contributed by atoms with E-state index in [-0.39, 0.29) is 11.8 Å². The first-order chi connectivity index (χ1) is 11.2. The maximum Gasteiger partial charge on any atom is 0.220 e. The molecule has 5 nitrogen and oxygen atoms in total. The highest BCUT2D eigenvalue weighted by molar-refractivity contribution is 5.77. The lowest BCUT2D eigenvalue weighted by molar-refractivity contribution is -0.122. The molecule has 1 aliphatic rings. The molecule has 1 aromatic carbocycles. The van der Waals surface area contributed by atoms with E-state index in [1.807, 2.05) is 24.4 Å². The lowest BCUT2D eigenvalue weighted by atomic mass is 9.96. The Labute approximate surface area is 136 Å². The van der Waals surface area contributed by atoms with Crippen molar-refractivity contribution in [1.29, 1.82) is 0 Å². The largest absolute Gasteiger partial charge is 0.379 e. The summed E-state index contributed by atoms with van der Waals surface area (Å²) in [6.07, 6.45) is 5.30. The van der Waals surface area contributed by atoms with Crippen LogP contribution in [0.3, 0.4) is 0 Å². The van der Waals surface area contributed by atoms with Gasteiger partial charge in [0.15, 0.2) is 0 Å². The summed E-state index contributed by atoms with van der Waals surface area (Å²) in [7, 11) is 0. The molecule has 120 valence electrons. The Balaban J connectivity index is 1.67. The molecule has 1 aliphatic heterocycles.